The summed E-state index contributed by atoms with van der Waals surface area (Å²) in [6.45, 7) is -2.79. The minimum Gasteiger partial charge on any atom is -0.382 e. The van der Waals surface area contributed by atoms with E-state index in [0.717, 1.165) is 21.3 Å². The third-order valence-electron chi connectivity index (χ3n) is 3.66. The maximum absolute atomic E-state index is 12.2. The summed E-state index contributed by atoms with van der Waals surface area (Å²) in [6.07, 6.45) is -9.28. The van der Waals surface area contributed by atoms with Crippen molar-refractivity contribution in [2.45, 2.75) is 56.8 Å². The molecule has 0 aromatic heterocycles. The van der Waals surface area contributed by atoms with Gasteiger partial charge in [-0.2, -0.15) is 0 Å². The Morgan fingerprint density at radius 2 is 1.46 bits per heavy atom. The summed E-state index contributed by atoms with van der Waals surface area (Å²) in [6, 6.07) is 0. The number of Topliss-reactive ketones (excluding diaryl/α,β-unsaturated/α-hetero) is 3. The molecular weight excluding hydrogens is 324 g/mol. The average molecular weight is 353 g/mol. The van der Waals surface area contributed by atoms with E-state index in [0.29, 0.717) is 0 Å². The second-order valence-corrected chi connectivity index (χ2v) is 5.09. The number of aliphatic hydroxyl groups is 3. The van der Waals surface area contributed by atoms with E-state index in [-0.39, 0.29) is 0 Å². The van der Waals surface area contributed by atoms with Crippen LogP contribution in [0.5, 0.6) is 0 Å². The van der Waals surface area contributed by atoms with Crippen LogP contribution in [0.3, 0.4) is 0 Å². The molecule has 0 heterocycles. The third-order valence-corrected chi connectivity index (χ3v) is 3.66. The molecule has 9 heteroatoms. The molecule has 3 N–H and O–H groups in total. The minimum absolute atomic E-state index is 0.787. The van der Waals surface area contributed by atoms with Gasteiger partial charge in [0.25, 0.3) is 0 Å². The molecule has 0 bridgehead atoms. The molecule has 0 saturated carbocycles. The molecule has 0 radical (unpaired) electrons. The molecule has 0 aliphatic carbocycles. The molecule has 0 spiro atoms. The van der Waals surface area contributed by atoms with Gasteiger partial charge < -0.3 is 29.5 Å². The zero-order valence-electron chi connectivity index (χ0n) is 16.8. The van der Waals surface area contributed by atoms with Crippen molar-refractivity contribution in [1.29, 1.82) is 0 Å². The SMILES string of the molecule is [2H]CC(=O)C(O)[C@H](OC)[C@@H](OC)[C@H](OC)[C@@](O)(C(=O)C[2H])C(O)C(=O)C[2H]. The number of methoxy groups -OCH3 is 3. The molecule has 24 heavy (non-hydrogen) atoms. The third kappa shape index (κ3) is 4.44. The molecule has 0 aliphatic heterocycles. The molecule has 0 rings (SSSR count). The highest BCUT2D eigenvalue weighted by Crippen LogP contribution is 2.28. The van der Waals surface area contributed by atoms with Crippen LogP contribution in [0.25, 0.3) is 0 Å². The smallest absolute Gasteiger partial charge is 0.184 e. The van der Waals surface area contributed by atoms with E-state index in [2.05, 4.69) is 0 Å². The lowest BCUT2D eigenvalue weighted by Crippen LogP contribution is -2.67. The Morgan fingerprint density at radius 1 is 0.917 bits per heavy atom. The molecule has 0 aromatic rings. The first-order chi connectivity index (χ1) is 12.6. The fraction of sp³-hybridized carbons (Fsp3) is 0.800. The van der Waals surface area contributed by atoms with Crippen LogP contribution < -0.4 is 0 Å². The first-order valence-electron chi connectivity index (χ1n) is 8.87. The Morgan fingerprint density at radius 3 is 1.83 bits per heavy atom. The normalized spacial score (nSPS) is 22.0. The van der Waals surface area contributed by atoms with Gasteiger partial charge in [0.15, 0.2) is 29.1 Å². The zero-order chi connectivity index (χ0) is 21.4. The molecule has 0 amide bonds. The van der Waals surface area contributed by atoms with Crippen molar-refractivity contribution in [2.75, 3.05) is 21.3 Å². The van der Waals surface area contributed by atoms with Crippen molar-refractivity contribution in [2.24, 2.45) is 0 Å². The van der Waals surface area contributed by atoms with Gasteiger partial charge in [-0.1, -0.05) is 0 Å². The van der Waals surface area contributed by atoms with Gasteiger partial charge in [0, 0.05) is 25.4 Å². The van der Waals surface area contributed by atoms with Gasteiger partial charge in [-0.3, -0.25) is 14.4 Å². The fourth-order valence-electron chi connectivity index (χ4n) is 2.33. The first kappa shape index (κ1) is 17.6. The van der Waals surface area contributed by atoms with Crippen LogP contribution in [0.15, 0.2) is 0 Å². The van der Waals surface area contributed by atoms with E-state index in [1.54, 1.807) is 0 Å². The number of carbonyl (C=O) groups is 3. The predicted molar refractivity (Wildman–Crippen MR) is 81.4 cm³/mol. The van der Waals surface area contributed by atoms with Gasteiger partial charge in [-0.25, -0.2) is 0 Å². The maximum atomic E-state index is 12.2. The van der Waals surface area contributed by atoms with Gasteiger partial charge >= 0.3 is 0 Å². The Balaban J connectivity index is 6.26. The topological polar surface area (TPSA) is 140 Å². The second-order valence-electron chi connectivity index (χ2n) is 5.09. The molecule has 6 atom stereocenters. The number of aliphatic hydroxyl groups excluding tert-OH is 2. The molecular formula is C15H26O9. The fourth-order valence-corrected chi connectivity index (χ4v) is 2.33. The van der Waals surface area contributed by atoms with E-state index in [1.807, 2.05) is 0 Å². The zero-order valence-corrected chi connectivity index (χ0v) is 13.8. The van der Waals surface area contributed by atoms with E-state index in [4.69, 9.17) is 18.3 Å². The standard InChI is InChI=1S/C15H26O9/c1-7(16)10(19)11(22-4)12(23-5)14(24-6)15(21,9(3)18)13(20)8(2)17/h10-14,19-21H,1-6H3/t10?,11-,12+,13?,14-,15+/m0/s1/i1D,2D,3D. The van der Waals surface area contributed by atoms with Crippen LogP contribution in [0, 0.1) is 0 Å². The number of carbonyl (C=O) groups excluding carboxylic acids is 3. The van der Waals surface area contributed by atoms with E-state index >= 15 is 0 Å². The lowest BCUT2D eigenvalue weighted by Gasteiger charge is -2.42. The molecule has 0 fully saturated rings. The highest BCUT2D eigenvalue weighted by atomic mass is 16.6. The average Bonchev–Trinajstić information content (AvgIpc) is 2.70. The lowest BCUT2D eigenvalue weighted by atomic mass is 9.79. The summed E-state index contributed by atoms with van der Waals surface area (Å²) in [5.74, 6) is -3.47. The van der Waals surface area contributed by atoms with Gasteiger partial charge in [-0.15, -0.1) is 0 Å². The number of ketones is 3. The monoisotopic (exact) mass is 353 g/mol. The molecule has 0 aromatic carbocycles. The Hall–Kier alpha value is -1.23. The molecule has 0 aliphatic rings. The van der Waals surface area contributed by atoms with Crippen molar-refractivity contribution in [3.05, 3.63) is 0 Å². The molecule has 140 valence electrons. The molecule has 0 saturated heterocycles. The van der Waals surface area contributed by atoms with E-state index in [9.17, 15) is 29.7 Å². The van der Waals surface area contributed by atoms with Gasteiger partial charge in [0.1, 0.15) is 24.4 Å². The van der Waals surface area contributed by atoms with Gasteiger partial charge in [-0.05, 0) is 20.7 Å². The van der Waals surface area contributed by atoms with Crippen LogP contribution >= 0.6 is 0 Å². The Kier molecular flexibility index (Phi) is 6.82. The summed E-state index contributed by atoms with van der Waals surface area (Å²) < 4.78 is 36.5. The molecule has 2 unspecified atom stereocenters. The number of hydrogen-bond acceptors (Lipinski definition) is 9. The molecule has 9 nitrogen and oxygen atoms in total. The number of hydrogen-bond donors (Lipinski definition) is 3. The van der Waals surface area contributed by atoms with E-state index < -0.39 is 74.2 Å². The Labute approximate surface area is 144 Å². The van der Waals surface area contributed by atoms with Crippen LogP contribution in [0.4, 0.5) is 0 Å². The van der Waals surface area contributed by atoms with Crippen molar-refractivity contribution < 1.29 is 48.0 Å². The minimum atomic E-state index is -3.00. The van der Waals surface area contributed by atoms with Crippen molar-refractivity contribution in [3.63, 3.8) is 0 Å². The van der Waals surface area contributed by atoms with Crippen molar-refractivity contribution in [3.8, 4) is 0 Å². The van der Waals surface area contributed by atoms with Crippen molar-refractivity contribution in [1.82, 2.24) is 0 Å². The van der Waals surface area contributed by atoms with Crippen LogP contribution in [-0.2, 0) is 28.6 Å². The van der Waals surface area contributed by atoms with Gasteiger partial charge in [0.05, 0.1) is 0 Å². The highest BCUT2D eigenvalue weighted by Gasteiger charge is 2.55. The first-order valence-corrected chi connectivity index (χ1v) is 6.75. The summed E-state index contributed by atoms with van der Waals surface area (Å²) >= 11 is 0. The summed E-state index contributed by atoms with van der Waals surface area (Å²) in [5, 5.41) is 31.1. The van der Waals surface area contributed by atoms with Crippen LogP contribution in [0.2, 0.25) is 0 Å². The highest BCUT2D eigenvalue weighted by molar-refractivity contribution is 5.94. The van der Waals surface area contributed by atoms with E-state index in [1.165, 1.54) is 0 Å². The summed E-state index contributed by atoms with van der Waals surface area (Å²) in [7, 11) is 3.16. The summed E-state index contributed by atoms with van der Waals surface area (Å²) in [4.78, 5) is 35.7. The quantitative estimate of drug-likeness (QED) is 0.394. The summed E-state index contributed by atoms with van der Waals surface area (Å²) in [5.41, 5.74) is -3.00. The Bertz CT molecular complexity index is 519. The maximum Gasteiger partial charge on any atom is 0.184 e. The van der Waals surface area contributed by atoms with Gasteiger partial charge in [0.2, 0.25) is 0 Å². The number of rotatable bonds is 11. The largest absolute Gasteiger partial charge is 0.382 e. The number of ether oxygens (including phenoxy) is 3. The van der Waals surface area contributed by atoms with Crippen LogP contribution in [0.1, 0.15) is 24.8 Å². The predicted octanol–water partition coefficient (Wildman–Crippen LogP) is -1.75. The second kappa shape index (κ2) is 9.30. The lowest BCUT2D eigenvalue weighted by molar-refractivity contribution is -0.216. The van der Waals surface area contributed by atoms with Crippen molar-refractivity contribution >= 4 is 17.3 Å². The van der Waals surface area contributed by atoms with Crippen LogP contribution in [-0.4, -0.2) is 90.1 Å².